The highest BCUT2D eigenvalue weighted by Gasteiger charge is 2.05. The number of carbonyl (C=O) groups excluding carboxylic acids is 1. The molecule has 0 aliphatic carbocycles. The number of ether oxygens (including phenoxy) is 1. The summed E-state index contributed by atoms with van der Waals surface area (Å²) in [6.45, 7) is 4.14. The predicted molar refractivity (Wildman–Crippen MR) is 72.7 cm³/mol. The largest absolute Gasteiger partial charge is 0.427 e. The van der Waals surface area contributed by atoms with Gasteiger partial charge in [-0.05, 0) is 40.9 Å². The molecule has 1 atom stereocenters. The van der Waals surface area contributed by atoms with Gasteiger partial charge in [0.25, 0.3) is 0 Å². The molecule has 0 fully saturated rings. The lowest BCUT2D eigenvalue weighted by Gasteiger charge is -2.10. The number of rotatable bonds is 3. The van der Waals surface area contributed by atoms with Crippen LogP contribution >= 0.6 is 0 Å². The smallest absolute Gasteiger partial charge is 0.308 e. The average molecular weight is 243 g/mol. The van der Waals surface area contributed by atoms with Gasteiger partial charge >= 0.3 is 5.97 Å². The minimum Gasteiger partial charge on any atom is -0.427 e. The monoisotopic (exact) mass is 243 g/mol. The number of benzene rings is 2. The highest BCUT2D eigenvalue weighted by Crippen LogP contribution is 2.24. The summed E-state index contributed by atoms with van der Waals surface area (Å²) in [4.78, 5) is 10.9. The van der Waals surface area contributed by atoms with Gasteiger partial charge in [-0.2, -0.15) is 0 Å². The SMILES string of the molecule is CC(=O)Oc1ccc2cc(C(C)CN)ccc2c1. The van der Waals surface area contributed by atoms with Gasteiger partial charge in [0.2, 0.25) is 0 Å². The van der Waals surface area contributed by atoms with Crippen LogP contribution in [0.2, 0.25) is 0 Å². The Morgan fingerprint density at radius 3 is 2.56 bits per heavy atom. The van der Waals surface area contributed by atoms with Crippen molar-refractivity contribution in [2.45, 2.75) is 19.8 Å². The zero-order valence-electron chi connectivity index (χ0n) is 10.6. The molecule has 2 aromatic rings. The van der Waals surface area contributed by atoms with E-state index in [0.717, 1.165) is 10.8 Å². The van der Waals surface area contributed by atoms with Gasteiger partial charge in [0.15, 0.2) is 0 Å². The van der Waals surface area contributed by atoms with Crippen LogP contribution in [-0.4, -0.2) is 12.5 Å². The number of nitrogens with two attached hydrogens (primary N) is 1. The third kappa shape index (κ3) is 2.68. The maximum Gasteiger partial charge on any atom is 0.308 e. The fourth-order valence-electron chi connectivity index (χ4n) is 1.91. The lowest BCUT2D eigenvalue weighted by molar-refractivity contribution is -0.131. The van der Waals surface area contributed by atoms with E-state index in [4.69, 9.17) is 10.5 Å². The minimum absolute atomic E-state index is 0.303. The van der Waals surface area contributed by atoms with E-state index in [9.17, 15) is 4.79 Å². The van der Waals surface area contributed by atoms with Crippen LogP contribution in [0, 0.1) is 0 Å². The van der Waals surface area contributed by atoms with Crippen LogP contribution < -0.4 is 10.5 Å². The molecule has 0 bridgehead atoms. The molecule has 2 aromatic carbocycles. The van der Waals surface area contributed by atoms with Crippen molar-refractivity contribution in [2.75, 3.05) is 6.54 Å². The van der Waals surface area contributed by atoms with Crippen LogP contribution in [0.15, 0.2) is 36.4 Å². The number of esters is 1. The van der Waals surface area contributed by atoms with Crippen LogP contribution in [0.4, 0.5) is 0 Å². The molecule has 1 unspecified atom stereocenters. The Bertz CT molecular complexity index is 578. The van der Waals surface area contributed by atoms with Crippen molar-refractivity contribution in [3.05, 3.63) is 42.0 Å². The minimum atomic E-state index is -0.303. The summed E-state index contributed by atoms with van der Waals surface area (Å²) in [5, 5.41) is 2.19. The Kier molecular flexibility index (Phi) is 3.63. The molecule has 0 aliphatic rings. The number of hydrogen-bond acceptors (Lipinski definition) is 3. The molecule has 94 valence electrons. The Morgan fingerprint density at radius 2 is 1.89 bits per heavy atom. The van der Waals surface area contributed by atoms with Crippen molar-refractivity contribution in [3.63, 3.8) is 0 Å². The second-order valence-corrected chi connectivity index (χ2v) is 4.50. The molecule has 0 radical (unpaired) electrons. The lowest BCUT2D eigenvalue weighted by atomic mass is 9.98. The fraction of sp³-hybridized carbons (Fsp3) is 0.267. The molecule has 3 nitrogen and oxygen atoms in total. The molecule has 18 heavy (non-hydrogen) atoms. The number of fused-ring (bicyclic) bond motifs is 1. The van der Waals surface area contributed by atoms with Crippen molar-refractivity contribution < 1.29 is 9.53 Å². The molecule has 0 saturated carbocycles. The molecular formula is C15H17NO2. The molecule has 0 heterocycles. The summed E-state index contributed by atoms with van der Waals surface area (Å²) < 4.78 is 5.06. The molecule has 0 saturated heterocycles. The molecule has 2 rings (SSSR count). The predicted octanol–water partition coefficient (Wildman–Crippen LogP) is 2.83. The van der Waals surface area contributed by atoms with Gasteiger partial charge in [-0.1, -0.05) is 31.2 Å². The zero-order valence-corrected chi connectivity index (χ0v) is 10.6. The van der Waals surface area contributed by atoms with E-state index in [1.807, 2.05) is 18.2 Å². The van der Waals surface area contributed by atoms with Gasteiger partial charge in [0, 0.05) is 6.92 Å². The van der Waals surface area contributed by atoms with E-state index in [1.54, 1.807) is 6.07 Å². The first-order valence-electron chi connectivity index (χ1n) is 6.02. The molecule has 0 aliphatic heterocycles. The van der Waals surface area contributed by atoms with E-state index in [-0.39, 0.29) is 5.97 Å². The third-order valence-corrected chi connectivity index (χ3v) is 3.02. The van der Waals surface area contributed by atoms with Crippen molar-refractivity contribution >= 4 is 16.7 Å². The van der Waals surface area contributed by atoms with Gasteiger partial charge in [0.05, 0.1) is 0 Å². The fourth-order valence-corrected chi connectivity index (χ4v) is 1.91. The molecule has 2 N–H and O–H groups in total. The third-order valence-electron chi connectivity index (χ3n) is 3.02. The maximum atomic E-state index is 10.9. The Labute approximate surface area is 107 Å². The number of carbonyl (C=O) groups is 1. The standard InChI is InChI=1S/C15H17NO2/c1-10(9-16)12-3-4-14-8-15(18-11(2)17)6-5-13(14)7-12/h3-8,10H,9,16H2,1-2H3. The highest BCUT2D eigenvalue weighted by molar-refractivity contribution is 5.85. The van der Waals surface area contributed by atoms with Crippen LogP contribution in [0.3, 0.4) is 0 Å². The van der Waals surface area contributed by atoms with E-state index in [2.05, 4.69) is 19.1 Å². The van der Waals surface area contributed by atoms with E-state index < -0.39 is 0 Å². The summed E-state index contributed by atoms with van der Waals surface area (Å²) in [5.41, 5.74) is 6.90. The van der Waals surface area contributed by atoms with Crippen molar-refractivity contribution in [2.24, 2.45) is 5.73 Å². The Balaban J connectivity index is 2.38. The molecule has 0 amide bonds. The summed E-state index contributed by atoms with van der Waals surface area (Å²) in [6.07, 6.45) is 0. The van der Waals surface area contributed by atoms with Crippen molar-refractivity contribution in [3.8, 4) is 5.75 Å². The van der Waals surface area contributed by atoms with Crippen LogP contribution in [0.5, 0.6) is 5.75 Å². The summed E-state index contributed by atoms with van der Waals surface area (Å²) in [5.74, 6) is 0.625. The molecular weight excluding hydrogens is 226 g/mol. The van der Waals surface area contributed by atoms with Gasteiger partial charge in [0.1, 0.15) is 5.75 Å². The average Bonchev–Trinajstić information content (AvgIpc) is 2.36. The topological polar surface area (TPSA) is 52.3 Å². The Hall–Kier alpha value is -1.87. The molecule has 0 spiro atoms. The van der Waals surface area contributed by atoms with Gasteiger partial charge in [-0.25, -0.2) is 0 Å². The van der Waals surface area contributed by atoms with E-state index in [1.165, 1.54) is 12.5 Å². The number of hydrogen-bond donors (Lipinski definition) is 1. The van der Waals surface area contributed by atoms with Gasteiger partial charge in [-0.3, -0.25) is 4.79 Å². The van der Waals surface area contributed by atoms with Crippen LogP contribution in [0.25, 0.3) is 10.8 Å². The quantitative estimate of drug-likeness (QED) is 0.666. The summed E-state index contributed by atoms with van der Waals surface area (Å²) in [7, 11) is 0. The molecule has 0 aromatic heterocycles. The summed E-state index contributed by atoms with van der Waals surface area (Å²) >= 11 is 0. The summed E-state index contributed by atoms with van der Waals surface area (Å²) in [6, 6.07) is 11.9. The van der Waals surface area contributed by atoms with E-state index in [0.29, 0.717) is 18.2 Å². The highest BCUT2D eigenvalue weighted by atomic mass is 16.5. The Morgan fingerprint density at radius 1 is 1.22 bits per heavy atom. The van der Waals surface area contributed by atoms with Crippen LogP contribution in [-0.2, 0) is 4.79 Å². The maximum absolute atomic E-state index is 10.9. The first kappa shape index (κ1) is 12.6. The lowest BCUT2D eigenvalue weighted by Crippen LogP contribution is -2.08. The zero-order chi connectivity index (χ0) is 13.1. The second kappa shape index (κ2) is 5.19. The van der Waals surface area contributed by atoms with Gasteiger partial charge < -0.3 is 10.5 Å². The van der Waals surface area contributed by atoms with Gasteiger partial charge in [-0.15, -0.1) is 0 Å². The van der Waals surface area contributed by atoms with Crippen LogP contribution in [0.1, 0.15) is 25.3 Å². The van der Waals surface area contributed by atoms with E-state index >= 15 is 0 Å². The second-order valence-electron chi connectivity index (χ2n) is 4.50. The molecule has 3 heteroatoms. The van der Waals surface area contributed by atoms with Crippen molar-refractivity contribution in [1.29, 1.82) is 0 Å². The van der Waals surface area contributed by atoms with Crippen molar-refractivity contribution in [1.82, 2.24) is 0 Å². The normalized spacial score (nSPS) is 12.4. The first-order chi connectivity index (χ1) is 8.60. The first-order valence-corrected chi connectivity index (χ1v) is 6.02.